The first-order valence-corrected chi connectivity index (χ1v) is 4.45. The maximum Gasteiger partial charge on any atom is 0.407 e. The molecule has 1 heterocycles. The Bertz CT molecular complexity index is 311. The third-order valence-electron chi connectivity index (χ3n) is 1.40. The van der Waals surface area contributed by atoms with Crippen molar-refractivity contribution in [3.8, 4) is 0 Å². The van der Waals surface area contributed by atoms with E-state index >= 15 is 0 Å². The smallest absolute Gasteiger partial charge is 0.407 e. The Kier molecular flexibility index (Phi) is 3.30. The van der Waals surface area contributed by atoms with E-state index in [0.29, 0.717) is 5.69 Å². The van der Waals surface area contributed by atoms with Crippen molar-refractivity contribution in [1.82, 2.24) is 15.1 Å². The zero-order chi connectivity index (χ0) is 9.84. The lowest BCUT2D eigenvalue weighted by atomic mass is 10.5. The van der Waals surface area contributed by atoms with Crippen molar-refractivity contribution >= 4 is 22.0 Å². The van der Waals surface area contributed by atoms with Gasteiger partial charge in [0.15, 0.2) is 0 Å². The molecule has 1 aromatic rings. The number of carbonyl (C=O) groups is 1. The number of hydrogen-bond acceptors (Lipinski definition) is 3. The SMILES string of the molecule is CNC(=O)OCc1nn(C)cc1Br. The molecule has 0 bridgehead atoms. The largest absolute Gasteiger partial charge is 0.443 e. The second kappa shape index (κ2) is 4.27. The number of rotatable bonds is 2. The summed E-state index contributed by atoms with van der Waals surface area (Å²) in [6.07, 6.45) is 1.33. The van der Waals surface area contributed by atoms with Gasteiger partial charge in [-0.3, -0.25) is 4.68 Å². The van der Waals surface area contributed by atoms with Crippen LogP contribution in [0.25, 0.3) is 0 Å². The molecule has 1 rings (SSSR count). The Morgan fingerprint density at radius 2 is 2.54 bits per heavy atom. The van der Waals surface area contributed by atoms with Gasteiger partial charge in [0.05, 0.1) is 4.47 Å². The minimum Gasteiger partial charge on any atom is -0.443 e. The van der Waals surface area contributed by atoms with Crippen LogP contribution in [0.1, 0.15) is 5.69 Å². The predicted molar refractivity (Wildman–Crippen MR) is 50.2 cm³/mol. The van der Waals surface area contributed by atoms with Crippen LogP contribution < -0.4 is 5.32 Å². The number of carbonyl (C=O) groups excluding carboxylic acids is 1. The monoisotopic (exact) mass is 247 g/mol. The number of alkyl carbamates (subject to hydrolysis) is 1. The molecule has 0 fully saturated rings. The minimum atomic E-state index is -0.461. The Labute approximate surface area is 84.2 Å². The van der Waals surface area contributed by atoms with Crippen LogP contribution in [0.3, 0.4) is 0 Å². The van der Waals surface area contributed by atoms with Gasteiger partial charge >= 0.3 is 6.09 Å². The van der Waals surface area contributed by atoms with E-state index in [1.54, 1.807) is 17.9 Å². The first-order valence-electron chi connectivity index (χ1n) is 3.66. The molecule has 1 N–H and O–H groups in total. The van der Waals surface area contributed by atoms with Gasteiger partial charge in [-0.2, -0.15) is 5.10 Å². The molecule has 72 valence electrons. The van der Waals surface area contributed by atoms with Gasteiger partial charge in [-0.1, -0.05) is 0 Å². The molecular formula is C7H10BrN3O2. The summed E-state index contributed by atoms with van der Waals surface area (Å²) in [4.78, 5) is 10.7. The van der Waals surface area contributed by atoms with E-state index < -0.39 is 6.09 Å². The van der Waals surface area contributed by atoms with E-state index in [2.05, 4.69) is 26.3 Å². The lowest BCUT2D eigenvalue weighted by Crippen LogP contribution is -2.19. The molecule has 0 radical (unpaired) electrons. The van der Waals surface area contributed by atoms with Gasteiger partial charge in [-0.25, -0.2) is 4.79 Å². The molecule has 0 aliphatic carbocycles. The van der Waals surface area contributed by atoms with E-state index in [0.717, 1.165) is 4.47 Å². The van der Waals surface area contributed by atoms with Crippen molar-refractivity contribution in [2.24, 2.45) is 7.05 Å². The van der Waals surface area contributed by atoms with Gasteiger partial charge in [-0.15, -0.1) is 0 Å². The van der Waals surface area contributed by atoms with Gasteiger partial charge in [0.1, 0.15) is 12.3 Å². The highest BCUT2D eigenvalue weighted by atomic mass is 79.9. The van der Waals surface area contributed by atoms with Crippen LogP contribution in [0.4, 0.5) is 4.79 Å². The summed E-state index contributed by atoms with van der Waals surface area (Å²) in [5, 5.41) is 6.43. The van der Waals surface area contributed by atoms with Crippen molar-refractivity contribution in [2.45, 2.75) is 6.61 Å². The van der Waals surface area contributed by atoms with Crippen molar-refractivity contribution in [1.29, 1.82) is 0 Å². The van der Waals surface area contributed by atoms with E-state index in [-0.39, 0.29) is 6.61 Å². The Morgan fingerprint density at radius 3 is 3.00 bits per heavy atom. The molecule has 0 saturated heterocycles. The minimum absolute atomic E-state index is 0.168. The first-order chi connectivity index (χ1) is 6.13. The second-order valence-corrected chi connectivity index (χ2v) is 3.28. The summed E-state index contributed by atoms with van der Waals surface area (Å²) in [5.74, 6) is 0. The highest BCUT2D eigenvalue weighted by Crippen LogP contribution is 2.14. The van der Waals surface area contributed by atoms with Gasteiger partial charge in [0.25, 0.3) is 0 Å². The first kappa shape index (κ1) is 10.0. The van der Waals surface area contributed by atoms with E-state index in [4.69, 9.17) is 4.74 Å². The average Bonchev–Trinajstić information content (AvgIpc) is 2.41. The molecule has 0 saturated carbocycles. The van der Waals surface area contributed by atoms with E-state index in [1.165, 1.54) is 7.05 Å². The Morgan fingerprint density at radius 1 is 1.85 bits per heavy atom. The highest BCUT2D eigenvalue weighted by molar-refractivity contribution is 9.10. The Balaban J connectivity index is 2.54. The fourth-order valence-corrected chi connectivity index (χ4v) is 1.30. The summed E-state index contributed by atoms with van der Waals surface area (Å²) >= 11 is 3.29. The summed E-state index contributed by atoms with van der Waals surface area (Å²) < 4.78 is 7.29. The standard InChI is InChI=1S/C7H10BrN3O2/c1-9-7(12)13-4-6-5(8)3-11(2)10-6/h3H,4H2,1-2H3,(H,9,12). The van der Waals surface area contributed by atoms with E-state index in [9.17, 15) is 4.79 Å². The van der Waals surface area contributed by atoms with Gasteiger partial charge < -0.3 is 10.1 Å². The number of amides is 1. The number of nitrogens with one attached hydrogen (secondary N) is 1. The molecule has 0 spiro atoms. The predicted octanol–water partition coefficient (Wildman–Crippen LogP) is 1.04. The second-order valence-electron chi connectivity index (χ2n) is 2.42. The molecule has 1 aromatic heterocycles. The van der Waals surface area contributed by atoms with Crippen LogP contribution in [0.2, 0.25) is 0 Å². The molecule has 0 aliphatic heterocycles. The number of hydrogen-bond donors (Lipinski definition) is 1. The molecule has 0 aliphatic rings. The summed E-state index contributed by atoms with van der Waals surface area (Å²) in [7, 11) is 3.31. The third kappa shape index (κ3) is 2.73. The normalized spacial score (nSPS) is 9.77. The molecule has 5 nitrogen and oxygen atoms in total. The van der Waals surface area contributed by atoms with Crippen molar-refractivity contribution < 1.29 is 9.53 Å². The molecule has 6 heteroatoms. The third-order valence-corrected chi connectivity index (χ3v) is 2.06. The van der Waals surface area contributed by atoms with Crippen LogP contribution in [-0.4, -0.2) is 22.9 Å². The van der Waals surface area contributed by atoms with Gasteiger partial charge in [0.2, 0.25) is 0 Å². The molecule has 0 atom stereocenters. The topological polar surface area (TPSA) is 56.1 Å². The van der Waals surface area contributed by atoms with Crippen LogP contribution in [0.5, 0.6) is 0 Å². The zero-order valence-electron chi connectivity index (χ0n) is 7.37. The summed E-state index contributed by atoms with van der Waals surface area (Å²) in [5.41, 5.74) is 0.700. The number of aromatic nitrogens is 2. The van der Waals surface area contributed by atoms with E-state index in [1.807, 2.05) is 0 Å². The van der Waals surface area contributed by atoms with Crippen LogP contribution in [0, 0.1) is 0 Å². The highest BCUT2D eigenvalue weighted by Gasteiger charge is 2.06. The van der Waals surface area contributed by atoms with Crippen LogP contribution in [0.15, 0.2) is 10.7 Å². The Hall–Kier alpha value is -1.04. The van der Waals surface area contributed by atoms with Gasteiger partial charge in [-0.05, 0) is 15.9 Å². The van der Waals surface area contributed by atoms with Crippen molar-refractivity contribution in [2.75, 3.05) is 7.05 Å². The van der Waals surface area contributed by atoms with Crippen molar-refractivity contribution in [3.05, 3.63) is 16.4 Å². The molecule has 0 aromatic carbocycles. The van der Waals surface area contributed by atoms with Gasteiger partial charge in [0, 0.05) is 20.3 Å². The maximum absolute atomic E-state index is 10.7. The van der Waals surface area contributed by atoms with Crippen molar-refractivity contribution in [3.63, 3.8) is 0 Å². The maximum atomic E-state index is 10.7. The zero-order valence-corrected chi connectivity index (χ0v) is 8.96. The lowest BCUT2D eigenvalue weighted by Gasteiger charge is -2.00. The number of halogens is 1. The summed E-state index contributed by atoms with van der Waals surface area (Å²) in [6.45, 7) is 0.168. The number of ether oxygens (including phenoxy) is 1. The van der Waals surface area contributed by atoms with Crippen LogP contribution in [-0.2, 0) is 18.4 Å². The molecular weight excluding hydrogens is 238 g/mol. The summed E-state index contributed by atoms with van der Waals surface area (Å²) in [6, 6.07) is 0. The molecule has 1 amide bonds. The molecule has 0 unspecified atom stereocenters. The lowest BCUT2D eigenvalue weighted by molar-refractivity contribution is 0.140. The fraction of sp³-hybridized carbons (Fsp3) is 0.429. The number of nitrogens with zero attached hydrogens (tertiary/aromatic N) is 2. The number of aryl methyl sites for hydroxylation is 1. The fourth-order valence-electron chi connectivity index (χ4n) is 0.809. The quantitative estimate of drug-likeness (QED) is 0.850. The molecule has 13 heavy (non-hydrogen) atoms. The average molecular weight is 248 g/mol. The van der Waals surface area contributed by atoms with Crippen LogP contribution >= 0.6 is 15.9 Å².